The van der Waals surface area contributed by atoms with Crippen LogP contribution in [0, 0.1) is 0 Å². The molecule has 2 aromatic rings. The minimum atomic E-state index is -0.234. The maximum Gasteiger partial charge on any atom is 0.137 e. The van der Waals surface area contributed by atoms with E-state index in [9.17, 15) is 0 Å². The zero-order valence-electron chi connectivity index (χ0n) is 19.1. The summed E-state index contributed by atoms with van der Waals surface area (Å²) in [5.74, 6) is 0.607. The summed E-state index contributed by atoms with van der Waals surface area (Å²) in [4.78, 5) is 10.7. The molecule has 0 aromatic heterocycles. The first kappa shape index (κ1) is 14.2. The van der Waals surface area contributed by atoms with Crippen LogP contribution in [0.4, 0.5) is 5.69 Å². The van der Waals surface area contributed by atoms with Gasteiger partial charge in [0.2, 0.25) is 0 Å². The van der Waals surface area contributed by atoms with Crippen LogP contribution in [0.5, 0.6) is 0 Å². The lowest BCUT2D eigenvalue weighted by atomic mass is 10.1. The van der Waals surface area contributed by atoms with Crippen molar-refractivity contribution in [3.05, 3.63) is 54.0 Å². The molecule has 0 aliphatic carbocycles. The van der Waals surface area contributed by atoms with Crippen LogP contribution in [-0.4, -0.2) is 73.3 Å². The molecule has 4 rings (SSSR count). The Morgan fingerprint density at radius 3 is 2.74 bits per heavy atom. The Balaban J connectivity index is 1.66. The molecule has 0 amide bonds. The Kier molecular flexibility index (Phi) is 4.67. The molecule has 1 fully saturated rings. The van der Waals surface area contributed by atoms with Crippen LogP contribution >= 0.6 is 11.8 Å². The molecule has 2 aromatic carbocycles. The highest BCUT2D eigenvalue weighted by atomic mass is 32.2. The van der Waals surface area contributed by atoms with Gasteiger partial charge in [-0.05, 0) is 18.2 Å². The average Bonchev–Trinajstić information content (AvgIpc) is 2.97. The Labute approximate surface area is 170 Å². The fourth-order valence-electron chi connectivity index (χ4n) is 3.22. The van der Waals surface area contributed by atoms with Gasteiger partial charge in [-0.25, -0.2) is 4.99 Å². The minimum absolute atomic E-state index is 0.0231. The van der Waals surface area contributed by atoms with E-state index in [1.165, 1.54) is 11.8 Å². The summed E-state index contributed by atoms with van der Waals surface area (Å²) in [6, 6.07) is 7.15. The molecule has 0 unspecified atom stereocenters. The third kappa shape index (κ3) is 4.35. The number of aliphatic hydroxyl groups is 1. The van der Waals surface area contributed by atoms with Crippen molar-refractivity contribution in [2.24, 2.45) is 4.99 Å². The van der Waals surface area contributed by atoms with Crippen molar-refractivity contribution in [3.63, 3.8) is 0 Å². The molecule has 1 saturated heterocycles. The largest absolute Gasteiger partial charge is 0.394 e. The Morgan fingerprint density at radius 2 is 1.89 bits per heavy atom. The van der Waals surface area contributed by atoms with Gasteiger partial charge in [-0.15, -0.1) is 0 Å². The highest BCUT2D eigenvalue weighted by molar-refractivity contribution is 7.99. The monoisotopic (exact) mass is 387 g/mol. The van der Waals surface area contributed by atoms with E-state index in [2.05, 4.69) is 9.80 Å². The number of para-hydroxylation sites is 1. The summed E-state index contributed by atoms with van der Waals surface area (Å²) < 4.78 is 38.7. The third-order valence-corrected chi connectivity index (χ3v) is 5.72. The topological polar surface area (TPSA) is 48.3 Å². The lowest BCUT2D eigenvalue weighted by molar-refractivity contribution is 0.0652. The number of ether oxygens (including phenoxy) is 1. The second kappa shape index (κ2) is 8.89. The van der Waals surface area contributed by atoms with E-state index in [-0.39, 0.29) is 30.8 Å². The molecule has 0 bridgehead atoms. The zero-order valence-corrected chi connectivity index (χ0v) is 15.9. The Morgan fingerprint density at radius 1 is 1.07 bits per heavy atom. The van der Waals surface area contributed by atoms with Crippen LogP contribution in [-0.2, 0) is 4.74 Å². The van der Waals surface area contributed by atoms with E-state index in [4.69, 9.17) is 20.3 Å². The van der Waals surface area contributed by atoms with Crippen molar-refractivity contribution in [2.45, 2.75) is 9.79 Å². The highest BCUT2D eigenvalue weighted by Crippen LogP contribution is 2.40. The number of nitrogens with zero attached hydrogens (tertiary/aromatic N) is 3. The molecule has 0 saturated carbocycles. The minimum Gasteiger partial charge on any atom is -0.394 e. The predicted octanol–water partition coefficient (Wildman–Crippen LogP) is 2.86. The number of aliphatic hydroxyl groups excluding tert-OH is 1. The fourth-order valence-corrected chi connectivity index (χ4v) is 4.15. The van der Waals surface area contributed by atoms with E-state index in [0.717, 1.165) is 30.2 Å². The van der Waals surface area contributed by atoms with E-state index >= 15 is 0 Å². The summed E-state index contributed by atoms with van der Waals surface area (Å²) in [6.45, 7) is 4.74. The number of amidine groups is 1. The SMILES string of the molecule is [2H]c1c([2H])c([2H])c2c(c1[2H])Sc1ccccc1N=C2N1CCN(CCOCCO)CC1. The van der Waals surface area contributed by atoms with Gasteiger partial charge in [0.1, 0.15) is 5.84 Å². The van der Waals surface area contributed by atoms with Crippen molar-refractivity contribution in [1.29, 1.82) is 0 Å². The molecule has 27 heavy (non-hydrogen) atoms. The van der Waals surface area contributed by atoms with Crippen molar-refractivity contribution in [3.8, 4) is 0 Å². The summed E-state index contributed by atoms with van der Waals surface area (Å²) >= 11 is 1.35. The lowest BCUT2D eigenvalue weighted by Crippen LogP contribution is -2.49. The average molecular weight is 388 g/mol. The third-order valence-electron chi connectivity index (χ3n) is 4.64. The van der Waals surface area contributed by atoms with Crippen LogP contribution in [0.3, 0.4) is 0 Å². The normalized spacial score (nSPS) is 19.1. The maximum atomic E-state index is 8.82. The molecule has 2 aliphatic rings. The molecule has 1 N–H and O–H groups in total. The van der Waals surface area contributed by atoms with E-state index in [0.29, 0.717) is 42.6 Å². The molecule has 142 valence electrons. The predicted molar refractivity (Wildman–Crippen MR) is 109 cm³/mol. The molecule has 2 aliphatic heterocycles. The molecule has 0 spiro atoms. The number of piperazine rings is 1. The highest BCUT2D eigenvalue weighted by Gasteiger charge is 2.24. The number of hydrogen-bond donors (Lipinski definition) is 1. The fraction of sp³-hybridized carbons (Fsp3) is 0.381. The standard InChI is InChI=1S/C21H25N3O2S/c25-14-16-26-15-13-23-9-11-24(12-10-23)21-17-5-1-3-7-19(17)27-20-8-4-2-6-18(20)22-21/h1-8,25H,9-16H2/i1D,3D,5D,7D. The molecule has 5 nitrogen and oxygen atoms in total. The second-order valence-electron chi connectivity index (χ2n) is 6.37. The Bertz CT molecular complexity index is 997. The summed E-state index contributed by atoms with van der Waals surface area (Å²) in [5.41, 5.74) is 1.25. The molecule has 0 atom stereocenters. The van der Waals surface area contributed by atoms with E-state index < -0.39 is 0 Å². The summed E-state index contributed by atoms with van der Waals surface area (Å²) in [5, 5.41) is 8.82. The summed E-state index contributed by atoms with van der Waals surface area (Å²) in [7, 11) is 0. The van der Waals surface area contributed by atoms with Crippen LogP contribution in [0.1, 0.15) is 11.0 Å². The van der Waals surface area contributed by atoms with Crippen molar-refractivity contribution >= 4 is 23.3 Å². The van der Waals surface area contributed by atoms with Crippen LogP contribution in [0.25, 0.3) is 0 Å². The van der Waals surface area contributed by atoms with Gasteiger partial charge in [-0.2, -0.15) is 0 Å². The van der Waals surface area contributed by atoms with Crippen LogP contribution < -0.4 is 0 Å². The van der Waals surface area contributed by atoms with Crippen molar-refractivity contribution < 1.29 is 15.3 Å². The van der Waals surface area contributed by atoms with E-state index in [1.807, 2.05) is 24.3 Å². The Hall–Kier alpha value is -1.86. The van der Waals surface area contributed by atoms with Crippen LogP contribution in [0.15, 0.2) is 63.2 Å². The first-order valence-electron chi connectivity index (χ1n) is 11.1. The summed E-state index contributed by atoms with van der Waals surface area (Å²) in [6.07, 6.45) is 0. The first-order chi connectivity index (χ1) is 15.0. The molecular weight excluding hydrogens is 358 g/mol. The molecular formula is C21H25N3O2S. The van der Waals surface area contributed by atoms with Gasteiger partial charge >= 0.3 is 0 Å². The van der Waals surface area contributed by atoms with E-state index in [1.54, 1.807) is 0 Å². The van der Waals surface area contributed by atoms with Gasteiger partial charge in [0, 0.05) is 48.1 Å². The quantitative estimate of drug-likeness (QED) is 0.800. The zero-order chi connectivity index (χ0) is 22.0. The molecule has 0 radical (unpaired) electrons. The van der Waals surface area contributed by atoms with Crippen molar-refractivity contribution in [1.82, 2.24) is 9.80 Å². The maximum absolute atomic E-state index is 8.82. The first-order valence-corrected chi connectivity index (χ1v) is 9.95. The lowest BCUT2D eigenvalue weighted by Gasteiger charge is -2.36. The van der Waals surface area contributed by atoms with Gasteiger partial charge in [0.05, 0.1) is 31.0 Å². The smallest absolute Gasteiger partial charge is 0.137 e. The number of benzene rings is 2. The van der Waals surface area contributed by atoms with Gasteiger partial charge < -0.3 is 14.7 Å². The molecule has 2 heterocycles. The number of rotatable bonds is 5. The number of fused-ring (bicyclic) bond motifs is 2. The number of aliphatic imine (C=N–C) groups is 1. The number of hydrogen-bond acceptors (Lipinski definition) is 6. The van der Waals surface area contributed by atoms with Gasteiger partial charge in [0.15, 0.2) is 0 Å². The van der Waals surface area contributed by atoms with Crippen LogP contribution in [0.2, 0.25) is 0 Å². The van der Waals surface area contributed by atoms with Crippen molar-refractivity contribution in [2.75, 3.05) is 52.5 Å². The van der Waals surface area contributed by atoms with Gasteiger partial charge in [-0.3, -0.25) is 4.90 Å². The van der Waals surface area contributed by atoms with Gasteiger partial charge in [-0.1, -0.05) is 42.0 Å². The second-order valence-corrected chi connectivity index (χ2v) is 7.43. The van der Waals surface area contributed by atoms with Gasteiger partial charge in [0.25, 0.3) is 0 Å². The molecule has 6 heteroatoms.